The van der Waals surface area contributed by atoms with Gasteiger partial charge < -0.3 is 4.42 Å². The molecule has 0 N–H and O–H groups in total. The fourth-order valence-corrected chi connectivity index (χ4v) is 3.02. The fraction of sp³-hybridized carbons (Fsp3) is 0.600. The minimum absolute atomic E-state index is 0.123. The molecule has 0 aliphatic rings. The zero-order valence-electron chi connectivity index (χ0n) is 9.53. The maximum Gasteiger partial charge on any atom is 0.214 e. The lowest BCUT2D eigenvalue weighted by Gasteiger charge is -2.15. The normalized spacial score (nSPS) is 12.2. The number of alkyl halides is 1. The standard InChI is InChI=1S/C10H15BrClNO3S/c1-13(8-9-4-5-10(11)16-9)17(14,15)7-3-2-6-12/h4-5H,2-3,6-8H2,1H3. The summed E-state index contributed by atoms with van der Waals surface area (Å²) in [6.45, 7) is 0.245. The molecule has 1 rings (SSSR count). The second-order valence-electron chi connectivity index (χ2n) is 3.67. The molecule has 0 aromatic carbocycles. The van der Waals surface area contributed by atoms with Crippen LogP contribution in [0.25, 0.3) is 0 Å². The summed E-state index contributed by atoms with van der Waals surface area (Å²) >= 11 is 8.69. The van der Waals surface area contributed by atoms with Crippen molar-refractivity contribution < 1.29 is 12.8 Å². The number of rotatable bonds is 7. The lowest BCUT2D eigenvalue weighted by molar-refractivity contribution is 0.398. The third-order valence-corrected chi connectivity index (χ3v) is 4.85. The predicted molar refractivity (Wildman–Crippen MR) is 71.6 cm³/mol. The van der Waals surface area contributed by atoms with Gasteiger partial charge >= 0.3 is 0 Å². The van der Waals surface area contributed by atoms with Gasteiger partial charge in [-0.05, 0) is 40.9 Å². The number of sulfonamides is 1. The van der Waals surface area contributed by atoms with E-state index in [1.165, 1.54) is 4.31 Å². The monoisotopic (exact) mass is 343 g/mol. The average Bonchev–Trinajstić information content (AvgIpc) is 2.64. The third kappa shape index (κ3) is 4.99. The number of furan rings is 1. The lowest BCUT2D eigenvalue weighted by atomic mass is 10.4. The molecule has 1 heterocycles. The Kier molecular flexibility index (Phi) is 5.99. The highest BCUT2D eigenvalue weighted by molar-refractivity contribution is 9.10. The van der Waals surface area contributed by atoms with Crippen LogP contribution >= 0.6 is 27.5 Å². The molecule has 0 spiro atoms. The summed E-state index contributed by atoms with van der Waals surface area (Å²) in [4.78, 5) is 0. The highest BCUT2D eigenvalue weighted by Gasteiger charge is 2.18. The second kappa shape index (κ2) is 6.78. The molecule has 0 aliphatic heterocycles. The molecule has 7 heteroatoms. The predicted octanol–water partition coefficient (Wildman–Crippen LogP) is 2.82. The highest BCUT2D eigenvalue weighted by Crippen LogP contribution is 2.16. The van der Waals surface area contributed by atoms with E-state index in [2.05, 4.69) is 15.9 Å². The van der Waals surface area contributed by atoms with Crippen LogP contribution in [0.2, 0.25) is 0 Å². The minimum atomic E-state index is -3.22. The first-order chi connectivity index (χ1) is 7.95. The van der Waals surface area contributed by atoms with E-state index in [0.717, 1.165) is 0 Å². The smallest absolute Gasteiger partial charge is 0.214 e. The summed E-state index contributed by atoms with van der Waals surface area (Å²) in [7, 11) is -1.67. The Morgan fingerprint density at radius 1 is 1.41 bits per heavy atom. The molecule has 0 unspecified atom stereocenters. The van der Waals surface area contributed by atoms with Gasteiger partial charge in [0.15, 0.2) is 4.67 Å². The van der Waals surface area contributed by atoms with Crippen molar-refractivity contribution in [3.05, 3.63) is 22.6 Å². The van der Waals surface area contributed by atoms with Gasteiger partial charge in [0.1, 0.15) is 5.76 Å². The van der Waals surface area contributed by atoms with E-state index in [-0.39, 0.29) is 12.3 Å². The Hall–Kier alpha value is -0.0400. The molecule has 1 aromatic rings. The van der Waals surface area contributed by atoms with E-state index in [4.69, 9.17) is 16.0 Å². The van der Waals surface area contributed by atoms with Gasteiger partial charge in [0, 0.05) is 12.9 Å². The van der Waals surface area contributed by atoms with Gasteiger partial charge in [-0.1, -0.05) is 0 Å². The van der Waals surface area contributed by atoms with Crippen LogP contribution in [-0.4, -0.2) is 31.4 Å². The molecule has 1 aromatic heterocycles. The maximum absolute atomic E-state index is 11.8. The van der Waals surface area contributed by atoms with Gasteiger partial charge in [-0.25, -0.2) is 8.42 Å². The molecular formula is C10H15BrClNO3S. The minimum Gasteiger partial charge on any atom is -0.453 e. The molecule has 4 nitrogen and oxygen atoms in total. The topological polar surface area (TPSA) is 50.5 Å². The molecule has 0 saturated carbocycles. The molecule has 0 amide bonds. The van der Waals surface area contributed by atoms with Gasteiger partial charge in [0.25, 0.3) is 0 Å². The van der Waals surface area contributed by atoms with E-state index in [9.17, 15) is 8.42 Å². The fourth-order valence-electron chi connectivity index (χ4n) is 1.29. The number of hydrogen-bond donors (Lipinski definition) is 0. The Bertz CT molecular complexity index is 446. The van der Waals surface area contributed by atoms with Crippen molar-refractivity contribution in [1.82, 2.24) is 4.31 Å². The van der Waals surface area contributed by atoms with Gasteiger partial charge in [0.2, 0.25) is 10.0 Å². The first kappa shape index (κ1) is 15.0. The lowest BCUT2D eigenvalue weighted by Crippen LogP contribution is -2.28. The summed E-state index contributed by atoms with van der Waals surface area (Å²) in [5.74, 6) is 1.22. The van der Waals surface area contributed by atoms with Gasteiger partial charge in [-0.15, -0.1) is 11.6 Å². The summed E-state index contributed by atoms with van der Waals surface area (Å²) in [5.41, 5.74) is 0. The van der Waals surface area contributed by atoms with E-state index in [1.807, 2.05) is 0 Å². The SMILES string of the molecule is CN(Cc1ccc(Br)o1)S(=O)(=O)CCCCCl. The zero-order valence-corrected chi connectivity index (χ0v) is 12.7. The van der Waals surface area contributed by atoms with Gasteiger partial charge in [-0.2, -0.15) is 4.31 Å². The zero-order chi connectivity index (χ0) is 12.9. The van der Waals surface area contributed by atoms with E-state index in [0.29, 0.717) is 29.2 Å². The third-order valence-electron chi connectivity index (χ3n) is 2.27. The van der Waals surface area contributed by atoms with Crippen LogP contribution in [0.15, 0.2) is 21.2 Å². The van der Waals surface area contributed by atoms with Crippen molar-refractivity contribution in [2.24, 2.45) is 0 Å². The quantitative estimate of drug-likeness (QED) is 0.564. The van der Waals surface area contributed by atoms with Crippen molar-refractivity contribution in [3.63, 3.8) is 0 Å². The molecule has 0 fully saturated rings. The van der Waals surface area contributed by atoms with E-state index < -0.39 is 10.0 Å². The summed E-state index contributed by atoms with van der Waals surface area (Å²) < 4.78 is 30.9. The van der Waals surface area contributed by atoms with Crippen LogP contribution in [0, 0.1) is 0 Å². The highest BCUT2D eigenvalue weighted by atomic mass is 79.9. The van der Waals surface area contributed by atoms with Crippen LogP contribution < -0.4 is 0 Å². The van der Waals surface area contributed by atoms with Crippen LogP contribution in [0.3, 0.4) is 0 Å². The second-order valence-corrected chi connectivity index (χ2v) is 7.03. The van der Waals surface area contributed by atoms with Gasteiger partial charge in [-0.3, -0.25) is 0 Å². The van der Waals surface area contributed by atoms with E-state index in [1.54, 1.807) is 19.2 Å². The molecule has 98 valence electrons. The van der Waals surface area contributed by atoms with Crippen molar-refractivity contribution in [3.8, 4) is 0 Å². The molecule has 0 aliphatic carbocycles. The summed E-state index contributed by atoms with van der Waals surface area (Å²) in [5, 5.41) is 0. The Morgan fingerprint density at radius 2 is 2.12 bits per heavy atom. The van der Waals surface area contributed by atoms with E-state index >= 15 is 0 Å². The van der Waals surface area contributed by atoms with Crippen molar-refractivity contribution in [1.29, 1.82) is 0 Å². The van der Waals surface area contributed by atoms with Crippen LogP contribution in [0.5, 0.6) is 0 Å². The number of unbranched alkanes of at least 4 members (excludes halogenated alkanes) is 1. The Morgan fingerprint density at radius 3 is 2.65 bits per heavy atom. The number of nitrogens with zero attached hydrogens (tertiary/aromatic N) is 1. The molecule has 0 saturated heterocycles. The Labute approximate surface area is 115 Å². The number of hydrogen-bond acceptors (Lipinski definition) is 3. The first-order valence-electron chi connectivity index (χ1n) is 5.20. The van der Waals surface area contributed by atoms with Crippen molar-refractivity contribution in [2.75, 3.05) is 18.7 Å². The Balaban J connectivity index is 2.53. The molecule has 0 bridgehead atoms. The summed E-state index contributed by atoms with van der Waals surface area (Å²) in [6, 6.07) is 3.48. The molecule has 0 radical (unpaired) electrons. The van der Waals surface area contributed by atoms with Crippen LogP contribution in [0.1, 0.15) is 18.6 Å². The van der Waals surface area contributed by atoms with Crippen molar-refractivity contribution in [2.45, 2.75) is 19.4 Å². The average molecular weight is 345 g/mol. The van der Waals surface area contributed by atoms with Crippen LogP contribution in [0.4, 0.5) is 0 Å². The van der Waals surface area contributed by atoms with Gasteiger partial charge in [0.05, 0.1) is 12.3 Å². The first-order valence-corrected chi connectivity index (χ1v) is 8.13. The summed E-state index contributed by atoms with van der Waals surface area (Å²) in [6.07, 6.45) is 1.29. The number of halogens is 2. The largest absolute Gasteiger partial charge is 0.453 e. The molecule has 17 heavy (non-hydrogen) atoms. The molecular weight excluding hydrogens is 330 g/mol. The van der Waals surface area contributed by atoms with Crippen LogP contribution in [-0.2, 0) is 16.6 Å². The molecule has 0 atom stereocenters. The van der Waals surface area contributed by atoms with Crippen molar-refractivity contribution >= 4 is 37.6 Å². The maximum atomic E-state index is 11.8.